The average molecular weight is 178 g/mol. The van der Waals surface area contributed by atoms with Crippen LogP contribution in [0.5, 0.6) is 0 Å². The molecule has 2 unspecified atom stereocenters. The van der Waals surface area contributed by atoms with Crippen molar-refractivity contribution in [1.82, 2.24) is 0 Å². The molecule has 0 heterocycles. The fourth-order valence-electron chi connectivity index (χ4n) is 1.35. The summed E-state index contributed by atoms with van der Waals surface area (Å²) in [6, 6.07) is 0. The summed E-state index contributed by atoms with van der Waals surface area (Å²) >= 11 is 8.87. The molecule has 0 radical (unpaired) electrons. The molecule has 1 aliphatic rings. The second kappa shape index (κ2) is 3.37. The molecule has 1 fully saturated rings. The summed E-state index contributed by atoms with van der Waals surface area (Å²) in [5, 5.41) is 0.301. The molecule has 0 saturated heterocycles. The first-order valence-corrected chi connectivity index (χ1v) is 4.61. The van der Waals surface area contributed by atoms with Crippen LogP contribution >= 0.6 is 25.3 Å². The fourth-order valence-corrected chi connectivity index (χ4v) is 2.05. The van der Waals surface area contributed by atoms with Gasteiger partial charge in [0.1, 0.15) is 4.93 Å². The highest BCUT2D eigenvalue weighted by atomic mass is 32.1. The van der Waals surface area contributed by atoms with Gasteiger partial charge in [0, 0.05) is 12.4 Å². The second-order valence-electron chi connectivity index (χ2n) is 2.81. The summed E-state index contributed by atoms with van der Waals surface area (Å²) in [5.74, 6) is 0. The highest BCUT2D eigenvalue weighted by Crippen LogP contribution is 2.37. The summed E-state index contributed by atoms with van der Waals surface area (Å²) < 4.78 is 5.28. The number of methoxy groups -OCH3 is 1. The molecule has 1 nitrogen and oxygen atoms in total. The predicted molar refractivity (Wildman–Crippen MR) is 50.0 cm³/mol. The van der Waals surface area contributed by atoms with Gasteiger partial charge in [-0.1, -0.05) is 6.42 Å². The van der Waals surface area contributed by atoms with Crippen molar-refractivity contribution in [3.05, 3.63) is 0 Å². The number of hydrogen-bond acceptors (Lipinski definition) is 3. The van der Waals surface area contributed by atoms with Gasteiger partial charge < -0.3 is 4.74 Å². The van der Waals surface area contributed by atoms with Crippen LogP contribution in [0.4, 0.5) is 0 Å². The molecule has 0 aliphatic heterocycles. The SMILES string of the molecule is COC1(S)CCCCC1S. The second-order valence-corrected chi connectivity index (χ2v) is 4.19. The molecule has 0 aromatic carbocycles. The number of thiol groups is 2. The number of hydrogen-bond donors (Lipinski definition) is 2. The lowest BCUT2D eigenvalue weighted by atomic mass is 9.96. The maximum Gasteiger partial charge on any atom is 0.122 e. The molecule has 0 amide bonds. The van der Waals surface area contributed by atoms with Crippen molar-refractivity contribution in [3.63, 3.8) is 0 Å². The lowest BCUT2D eigenvalue weighted by Gasteiger charge is -2.36. The molecular weight excluding hydrogens is 164 g/mol. The fraction of sp³-hybridized carbons (Fsp3) is 1.00. The Hall–Kier alpha value is 0.660. The van der Waals surface area contributed by atoms with E-state index >= 15 is 0 Å². The van der Waals surface area contributed by atoms with E-state index in [1.165, 1.54) is 12.8 Å². The van der Waals surface area contributed by atoms with Gasteiger partial charge in [-0.05, 0) is 19.3 Å². The van der Waals surface area contributed by atoms with E-state index in [4.69, 9.17) is 4.74 Å². The summed E-state index contributed by atoms with van der Waals surface area (Å²) in [6.07, 6.45) is 4.63. The Morgan fingerprint density at radius 3 is 2.60 bits per heavy atom. The topological polar surface area (TPSA) is 9.23 Å². The first kappa shape index (κ1) is 8.75. The quantitative estimate of drug-likeness (QED) is 0.462. The molecule has 0 aromatic heterocycles. The third kappa shape index (κ3) is 1.63. The van der Waals surface area contributed by atoms with Crippen molar-refractivity contribution < 1.29 is 4.74 Å². The summed E-state index contributed by atoms with van der Waals surface area (Å²) in [7, 11) is 1.71. The van der Waals surface area contributed by atoms with E-state index in [1.807, 2.05) is 0 Å². The Morgan fingerprint density at radius 1 is 1.50 bits per heavy atom. The van der Waals surface area contributed by atoms with E-state index in [9.17, 15) is 0 Å². The smallest absolute Gasteiger partial charge is 0.122 e. The Labute approximate surface area is 73.3 Å². The lowest BCUT2D eigenvalue weighted by Crippen LogP contribution is -2.38. The average Bonchev–Trinajstić information content (AvgIpc) is 1.96. The van der Waals surface area contributed by atoms with E-state index in [2.05, 4.69) is 25.3 Å². The van der Waals surface area contributed by atoms with E-state index in [-0.39, 0.29) is 4.93 Å². The summed E-state index contributed by atoms with van der Waals surface area (Å²) in [5.41, 5.74) is 0. The monoisotopic (exact) mass is 178 g/mol. The Kier molecular flexibility index (Phi) is 2.95. The van der Waals surface area contributed by atoms with Crippen molar-refractivity contribution in [2.45, 2.75) is 35.9 Å². The van der Waals surface area contributed by atoms with E-state index in [0.717, 1.165) is 12.8 Å². The van der Waals surface area contributed by atoms with Crippen molar-refractivity contribution in [3.8, 4) is 0 Å². The largest absolute Gasteiger partial charge is 0.367 e. The molecule has 0 aromatic rings. The van der Waals surface area contributed by atoms with E-state index in [0.29, 0.717) is 5.25 Å². The maximum atomic E-state index is 5.28. The molecule has 10 heavy (non-hydrogen) atoms. The molecule has 0 N–H and O–H groups in total. The van der Waals surface area contributed by atoms with Crippen molar-refractivity contribution in [2.24, 2.45) is 0 Å². The van der Waals surface area contributed by atoms with Gasteiger partial charge >= 0.3 is 0 Å². The van der Waals surface area contributed by atoms with Crippen LogP contribution in [0.15, 0.2) is 0 Å². The van der Waals surface area contributed by atoms with Crippen molar-refractivity contribution in [1.29, 1.82) is 0 Å². The van der Waals surface area contributed by atoms with Crippen LogP contribution in [0.3, 0.4) is 0 Å². The Balaban J connectivity index is 2.54. The van der Waals surface area contributed by atoms with Crippen LogP contribution in [0, 0.1) is 0 Å². The van der Waals surface area contributed by atoms with Crippen molar-refractivity contribution >= 4 is 25.3 Å². The van der Waals surface area contributed by atoms with Crippen LogP contribution in [0.25, 0.3) is 0 Å². The van der Waals surface area contributed by atoms with Crippen LogP contribution in [-0.4, -0.2) is 17.3 Å². The van der Waals surface area contributed by atoms with Gasteiger partial charge in [-0.2, -0.15) is 12.6 Å². The van der Waals surface area contributed by atoms with Gasteiger partial charge in [-0.3, -0.25) is 0 Å². The molecular formula is C7H14OS2. The predicted octanol–water partition coefficient (Wildman–Crippen LogP) is 2.13. The summed E-state index contributed by atoms with van der Waals surface area (Å²) in [6.45, 7) is 0. The first-order chi connectivity index (χ1) is 4.69. The lowest BCUT2D eigenvalue weighted by molar-refractivity contribution is 0.0478. The van der Waals surface area contributed by atoms with Gasteiger partial charge in [0.25, 0.3) is 0 Å². The standard InChI is InChI=1S/C7H14OS2/c1-8-7(10)5-3-2-4-6(7)9/h6,9-10H,2-5H2,1H3. The first-order valence-electron chi connectivity index (χ1n) is 3.64. The summed E-state index contributed by atoms with van der Waals surface area (Å²) in [4.78, 5) is -0.263. The minimum atomic E-state index is -0.263. The van der Waals surface area contributed by atoms with Gasteiger partial charge in [-0.15, -0.1) is 12.6 Å². The van der Waals surface area contributed by atoms with Crippen molar-refractivity contribution in [2.75, 3.05) is 7.11 Å². The normalized spacial score (nSPS) is 41.7. The highest BCUT2D eigenvalue weighted by Gasteiger charge is 2.35. The molecule has 1 rings (SSSR count). The highest BCUT2D eigenvalue weighted by molar-refractivity contribution is 7.85. The van der Waals surface area contributed by atoms with Gasteiger partial charge in [0.2, 0.25) is 0 Å². The third-order valence-electron chi connectivity index (χ3n) is 2.14. The van der Waals surface area contributed by atoms with Gasteiger partial charge in [0.05, 0.1) is 0 Å². The minimum absolute atomic E-state index is 0.263. The number of rotatable bonds is 1. The van der Waals surface area contributed by atoms with Crippen LogP contribution in [0.2, 0.25) is 0 Å². The van der Waals surface area contributed by atoms with Crippen LogP contribution in [0.1, 0.15) is 25.7 Å². The zero-order valence-corrected chi connectivity index (χ0v) is 8.00. The molecule has 0 bridgehead atoms. The molecule has 2 atom stereocenters. The van der Waals surface area contributed by atoms with Crippen LogP contribution < -0.4 is 0 Å². The molecule has 1 aliphatic carbocycles. The van der Waals surface area contributed by atoms with Crippen LogP contribution in [-0.2, 0) is 4.74 Å². The Bertz CT molecular complexity index is 118. The third-order valence-corrected chi connectivity index (χ3v) is 3.73. The molecule has 0 spiro atoms. The molecule has 1 saturated carbocycles. The van der Waals surface area contributed by atoms with E-state index in [1.54, 1.807) is 7.11 Å². The maximum absolute atomic E-state index is 5.28. The molecule has 60 valence electrons. The number of ether oxygens (including phenoxy) is 1. The zero-order chi connectivity index (χ0) is 7.61. The minimum Gasteiger partial charge on any atom is -0.367 e. The Morgan fingerprint density at radius 2 is 2.20 bits per heavy atom. The van der Waals surface area contributed by atoms with Gasteiger partial charge in [-0.25, -0.2) is 0 Å². The van der Waals surface area contributed by atoms with Gasteiger partial charge in [0.15, 0.2) is 0 Å². The zero-order valence-electron chi connectivity index (χ0n) is 6.21. The van der Waals surface area contributed by atoms with E-state index < -0.39 is 0 Å². The molecule has 3 heteroatoms.